The second kappa shape index (κ2) is 9.95. The lowest BCUT2D eigenvalue weighted by molar-refractivity contribution is 0.0664. The van der Waals surface area contributed by atoms with Crippen LogP contribution in [0.3, 0.4) is 0 Å². The van der Waals surface area contributed by atoms with E-state index in [-0.39, 0.29) is 18.1 Å². The Morgan fingerprint density at radius 3 is 2.58 bits per heavy atom. The molecule has 1 fully saturated rings. The van der Waals surface area contributed by atoms with Crippen molar-refractivity contribution in [2.24, 2.45) is 0 Å². The molecule has 1 amide bonds. The molecular weight excluding hydrogens is 476 g/mol. The Morgan fingerprint density at radius 1 is 1.08 bits per heavy atom. The fourth-order valence-corrected chi connectivity index (χ4v) is 6.00. The van der Waals surface area contributed by atoms with Crippen LogP contribution < -0.4 is 4.74 Å². The molecule has 6 rings (SSSR count). The van der Waals surface area contributed by atoms with Crippen molar-refractivity contribution in [1.29, 1.82) is 0 Å². The van der Waals surface area contributed by atoms with Crippen LogP contribution in [0.2, 0.25) is 0 Å². The highest BCUT2D eigenvalue weighted by molar-refractivity contribution is 6.00. The zero-order chi connectivity index (χ0) is 26.4. The summed E-state index contributed by atoms with van der Waals surface area (Å²) in [6.45, 7) is 11.8. The average Bonchev–Trinajstić information content (AvgIpc) is 3.48. The fraction of sp³-hybridized carbons (Fsp3) is 0.419. The van der Waals surface area contributed by atoms with Gasteiger partial charge in [0.05, 0.1) is 6.54 Å². The van der Waals surface area contributed by atoms with Crippen LogP contribution in [0.1, 0.15) is 61.5 Å². The van der Waals surface area contributed by atoms with Crippen molar-refractivity contribution in [3.8, 4) is 17.0 Å². The first-order chi connectivity index (χ1) is 18.4. The van der Waals surface area contributed by atoms with Crippen LogP contribution in [0.25, 0.3) is 22.2 Å². The summed E-state index contributed by atoms with van der Waals surface area (Å²) in [5, 5.41) is 5.36. The topological polar surface area (TPSA) is 63.7 Å². The first kappa shape index (κ1) is 24.7. The molecule has 0 aliphatic carbocycles. The van der Waals surface area contributed by atoms with Gasteiger partial charge in [-0.15, -0.1) is 0 Å². The molecule has 7 nitrogen and oxygen atoms in total. The highest BCUT2D eigenvalue weighted by Gasteiger charge is 2.32. The number of hydrogen-bond acceptors (Lipinski definition) is 5. The third-order valence-corrected chi connectivity index (χ3v) is 8.13. The number of ether oxygens (including phenoxy) is 1. The van der Waals surface area contributed by atoms with Crippen LogP contribution in [0, 0.1) is 6.92 Å². The third-order valence-electron chi connectivity index (χ3n) is 8.13. The van der Waals surface area contributed by atoms with Crippen molar-refractivity contribution < 1.29 is 14.1 Å². The van der Waals surface area contributed by atoms with E-state index < -0.39 is 0 Å². The van der Waals surface area contributed by atoms with E-state index in [0.29, 0.717) is 19.1 Å². The maximum atomic E-state index is 13.7. The second-order valence-electron chi connectivity index (χ2n) is 11.0. The number of aromatic nitrogens is 2. The van der Waals surface area contributed by atoms with E-state index >= 15 is 0 Å². The van der Waals surface area contributed by atoms with Gasteiger partial charge in [-0.2, -0.15) is 0 Å². The van der Waals surface area contributed by atoms with Crippen LogP contribution in [-0.4, -0.2) is 57.2 Å². The summed E-state index contributed by atoms with van der Waals surface area (Å²) in [6, 6.07) is 19.0. The Bertz CT molecular complexity index is 1450. The number of benzene rings is 2. The molecule has 2 aromatic carbocycles. The Balaban J connectivity index is 1.23. The molecular formula is C31H36N4O3. The summed E-state index contributed by atoms with van der Waals surface area (Å²) in [5.74, 6) is 1.66. The monoisotopic (exact) mass is 512 g/mol. The molecule has 1 atom stereocenters. The number of carbonyl (C=O) groups is 1. The maximum absolute atomic E-state index is 13.7. The number of nitrogens with zero attached hydrogens (tertiary/aromatic N) is 4. The van der Waals surface area contributed by atoms with Gasteiger partial charge in [-0.05, 0) is 64.8 Å². The SMILES string of the molecule is Cc1onc(-c2ccccc2)c1CN1C[C@@H](C)n2c(cc3cc(OC4CCN(C(C)C)CC4)ccc32)C1=O. The normalized spacial score (nSPS) is 18.9. The lowest BCUT2D eigenvalue weighted by Gasteiger charge is -2.34. The number of amides is 1. The standard InChI is InChI=1S/C31H36N4O3/c1-20(2)33-14-12-25(13-15-33)37-26-10-11-28-24(16-26)17-29-31(36)34(18-21(3)35(28)29)19-27-22(4)38-32-30(27)23-8-6-5-7-9-23/h5-11,16-17,20-21,25H,12-15,18-19H2,1-4H3/t21-/m1/s1. The second-order valence-corrected chi connectivity index (χ2v) is 11.0. The maximum Gasteiger partial charge on any atom is 0.270 e. The zero-order valence-electron chi connectivity index (χ0n) is 22.7. The predicted octanol–water partition coefficient (Wildman–Crippen LogP) is 6.07. The van der Waals surface area contributed by atoms with Crippen LogP contribution in [0.4, 0.5) is 0 Å². The molecule has 4 aromatic rings. The molecule has 0 N–H and O–H groups in total. The summed E-state index contributed by atoms with van der Waals surface area (Å²) in [7, 11) is 0. The fourth-order valence-electron chi connectivity index (χ4n) is 6.00. The summed E-state index contributed by atoms with van der Waals surface area (Å²) in [6.07, 6.45) is 2.32. The van der Waals surface area contributed by atoms with E-state index in [4.69, 9.17) is 9.26 Å². The Kier molecular flexibility index (Phi) is 6.48. The van der Waals surface area contributed by atoms with Gasteiger partial charge in [-0.25, -0.2) is 0 Å². The number of likely N-dealkylation sites (tertiary alicyclic amines) is 1. The number of hydrogen-bond donors (Lipinski definition) is 0. The number of aryl methyl sites for hydroxylation is 1. The lowest BCUT2D eigenvalue weighted by Crippen LogP contribution is -2.41. The summed E-state index contributed by atoms with van der Waals surface area (Å²) in [5.41, 5.74) is 4.55. The summed E-state index contributed by atoms with van der Waals surface area (Å²) >= 11 is 0. The van der Waals surface area contributed by atoms with E-state index in [1.807, 2.05) is 48.2 Å². The van der Waals surface area contributed by atoms with E-state index in [0.717, 1.165) is 70.9 Å². The number of fused-ring (bicyclic) bond motifs is 3. The zero-order valence-corrected chi connectivity index (χ0v) is 22.7. The molecule has 4 heterocycles. The molecule has 38 heavy (non-hydrogen) atoms. The number of piperidine rings is 1. The molecule has 0 bridgehead atoms. The van der Waals surface area contributed by atoms with Crippen molar-refractivity contribution in [3.05, 3.63) is 71.6 Å². The average molecular weight is 513 g/mol. The molecule has 0 saturated carbocycles. The largest absolute Gasteiger partial charge is 0.490 e. The van der Waals surface area contributed by atoms with Crippen molar-refractivity contribution in [3.63, 3.8) is 0 Å². The van der Waals surface area contributed by atoms with Crippen LogP contribution in [0.15, 0.2) is 59.1 Å². The Morgan fingerprint density at radius 2 is 1.84 bits per heavy atom. The van der Waals surface area contributed by atoms with Gasteiger partial charge >= 0.3 is 0 Å². The van der Waals surface area contributed by atoms with Crippen LogP contribution >= 0.6 is 0 Å². The van der Waals surface area contributed by atoms with Gasteiger partial charge in [-0.1, -0.05) is 35.5 Å². The molecule has 0 spiro atoms. The minimum atomic E-state index is 0.0300. The van der Waals surface area contributed by atoms with Gasteiger partial charge in [-0.3, -0.25) is 4.79 Å². The summed E-state index contributed by atoms with van der Waals surface area (Å²) in [4.78, 5) is 18.2. The molecule has 0 radical (unpaired) electrons. The quantitative estimate of drug-likeness (QED) is 0.314. The molecule has 2 aliphatic heterocycles. The summed E-state index contributed by atoms with van der Waals surface area (Å²) < 4.78 is 14.1. The number of carbonyl (C=O) groups excluding carboxylic acids is 1. The molecule has 0 unspecified atom stereocenters. The van der Waals surface area contributed by atoms with E-state index in [1.165, 1.54) is 0 Å². The lowest BCUT2D eigenvalue weighted by atomic mass is 10.0. The van der Waals surface area contributed by atoms with Gasteiger partial charge in [0.2, 0.25) is 0 Å². The first-order valence-corrected chi connectivity index (χ1v) is 13.7. The van der Waals surface area contributed by atoms with Crippen molar-refractivity contribution >= 4 is 16.8 Å². The highest BCUT2D eigenvalue weighted by atomic mass is 16.5. The number of rotatable bonds is 6. The molecule has 7 heteroatoms. The smallest absolute Gasteiger partial charge is 0.270 e. The van der Waals surface area contributed by atoms with Gasteiger partial charge in [0, 0.05) is 53.7 Å². The van der Waals surface area contributed by atoms with E-state index in [2.05, 4.69) is 53.6 Å². The molecule has 1 saturated heterocycles. The van der Waals surface area contributed by atoms with Crippen LogP contribution in [0.5, 0.6) is 5.75 Å². The molecule has 198 valence electrons. The van der Waals surface area contributed by atoms with Gasteiger partial charge in [0.25, 0.3) is 5.91 Å². The molecule has 2 aliphatic rings. The molecule has 2 aromatic heterocycles. The minimum Gasteiger partial charge on any atom is -0.490 e. The Labute approximate surface area is 224 Å². The Hall–Kier alpha value is -3.58. The highest BCUT2D eigenvalue weighted by Crippen LogP contribution is 2.34. The van der Waals surface area contributed by atoms with Gasteiger partial charge < -0.3 is 23.6 Å². The minimum absolute atomic E-state index is 0.0300. The van der Waals surface area contributed by atoms with Crippen LogP contribution in [-0.2, 0) is 6.54 Å². The van der Waals surface area contributed by atoms with Crippen molar-refractivity contribution in [1.82, 2.24) is 19.5 Å². The predicted molar refractivity (Wildman–Crippen MR) is 148 cm³/mol. The van der Waals surface area contributed by atoms with E-state index in [1.54, 1.807) is 0 Å². The van der Waals surface area contributed by atoms with E-state index in [9.17, 15) is 4.79 Å². The third kappa shape index (κ3) is 4.49. The van der Waals surface area contributed by atoms with Crippen molar-refractivity contribution in [2.45, 2.75) is 65.3 Å². The van der Waals surface area contributed by atoms with Gasteiger partial charge in [0.1, 0.15) is 29.0 Å². The van der Waals surface area contributed by atoms with Gasteiger partial charge in [0.15, 0.2) is 0 Å². The first-order valence-electron chi connectivity index (χ1n) is 13.7. The van der Waals surface area contributed by atoms with Crippen molar-refractivity contribution in [2.75, 3.05) is 19.6 Å².